The topological polar surface area (TPSA) is 21.3 Å². The van der Waals surface area contributed by atoms with Crippen LogP contribution in [-0.4, -0.2) is 24.7 Å². The Kier molecular flexibility index (Phi) is 6.74. The molecule has 20 heavy (non-hydrogen) atoms. The molecule has 1 aromatic rings. The summed E-state index contributed by atoms with van der Waals surface area (Å²) in [7, 11) is 0. The van der Waals surface area contributed by atoms with Crippen molar-refractivity contribution in [3.05, 3.63) is 29.3 Å². The van der Waals surface area contributed by atoms with E-state index in [1.165, 1.54) is 42.6 Å². The van der Waals surface area contributed by atoms with E-state index in [2.05, 4.69) is 37.4 Å². The molecular formula is C17H27NOS. The van der Waals surface area contributed by atoms with Gasteiger partial charge in [0.15, 0.2) is 0 Å². The number of ether oxygens (including phenoxy) is 1. The van der Waals surface area contributed by atoms with Gasteiger partial charge in [-0.15, -0.1) is 0 Å². The monoisotopic (exact) mass is 293 g/mol. The smallest absolute Gasteiger partial charge is 0.119 e. The van der Waals surface area contributed by atoms with Crippen molar-refractivity contribution in [2.45, 2.75) is 45.6 Å². The Morgan fingerprint density at radius 1 is 1.35 bits per heavy atom. The van der Waals surface area contributed by atoms with Gasteiger partial charge in [0.2, 0.25) is 0 Å². The highest BCUT2D eigenvalue weighted by atomic mass is 32.2. The maximum Gasteiger partial charge on any atom is 0.119 e. The Morgan fingerprint density at radius 2 is 2.25 bits per heavy atom. The van der Waals surface area contributed by atoms with Gasteiger partial charge >= 0.3 is 0 Å². The molecule has 0 spiro atoms. The molecule has 1 aliphatic rings. The summed E-state index contributed by atoms with van der Waals surface area (Å²) in [5.41, 5.74) is 2.96. The van der Waals surface area contributed by atoms with Gasteiger partial charge in [0.05, 0.1) is 6.61 Å². The lowest BCUT2D eigenvalue weighted by molar-refractivity contribution is 0.342. The summed E-state index contributed by atoms with van der Waals surface area (Å²) >= 11 is 1.93. The lowest BCUT2D eigenvalue weighted by Gasteiger charge is -2.27. The number of nitrogens with one attached hydrogen (secondary N) is 1. The van der Waals surface area contributed by atoms with Gasteiger partial charge in [0, 0.05) is 11.8 Å². The molecule has 0 amide bonds. The number of hydrogen-bond donors (Lipinski definition) is 1. The normalized spacial score (nSPS) is 17.8. The van der Waals surface area contributed by atoms with Crippen LogP contribution in [0.1, 0.15) is 50.3 Å². The molecule has 3 heteroatoms. The lowest BCUT2D eigenvalue weighted by Crippen LogP contribution is -2.25. The minimum atomic E-state index is 0.545. The Balaban J connectivity index is 1.96. The van der Waals surface area contributed by atoms with Crippen LogP contribution in [0.4, 0.5) is 0 Å². The number of thioether (sulfide) groups is 1. The average Bonchev–Trinajstić information content (AvgIpc) is 2.49. The summed E-state index contributed by atoms with van der Waals surface area (Å²) < 4.78 is 5.85. The summed E-state index contributed by atoms with van der Waals surface area (Å²) in [6.07, 6.45) is 4.94. The first-order chi connectivity index (χ1) is 9.85. The minimum Gasteiger partial charge on any atom is -0.493 e. The quantitative estimate of drug-likeness (QED) is 0.726. The second kappa shape index (κ2) is 8.58. The van der Waals surface area contributed by atoms with Gasteiger partial charge in [-0.1, -0.05) is 19.9 Å². The largest absolute Gasteiger partial charge is 0.493 e. The second-order valence-corrected chi connectivity index (χ2v) is 6.70. The zero-order valence-corrected chi connectivity index (χ0v) is 13.6. The summed E-state index contributed by atoms with van der Waals surface area (Å²) in [4.78, 5) is 0. The maximum absolute atomic E-state index is 5.85. The third-order valence-electron chi connectivity index (χ3n) is 3.77. The van der Waals surface area contributed by atoms with Crippen molar-refractivity contribution in [2.75, 3.05) is 24.7 Å². The Bertz CT molecular complexity index is 408. The Labute approximate surface area is 127 Å². The molecule has 0 bridgehead atoms. The molecule has 0 aliphatic heterocycles. The summed E-state index contributed by atoms with van der Waals surface area (Å²) in [6, 6.07) is 7.21. The lowest BCUT2D eigenvalue weighted by atomic mass is 9.87. The van der Waals surface area contributed by atoms with E-state index in [4.69, 9.17) is 4.74 Å². The van der Waals surface area contributed by atoms with E-state index in [1.807, 2.05) is 11.8 Å². The van der Waals surface area contributed by atoms with E-state index >= 15 is 0 Å². The van der Waals surface area contributed by atoms with Gasteiger partial charge < -0.3 is 10.1 Å². The molecule has 1 unspecified atom stereocenters. The average molecular weight is 293 g/mol. The van der Waals surface area contributed by atoms with Crippen LogP contribution in [0.5, 0.6) is 5.75 Å². The van der Waals surface area contributed by atoms with Crippen molar-refractivity contribution in [1.82, 2.24) is 5.32 Å². The van der Waals surface area contributed by atoms with Crippen LogP contribution >= 0.6 is 11.8 Å². The summed E-state index contributed by atoms with van der Waals surface area (Å²) in [6.45, 7) is 6.33. The van der Waals surface area contributed by atoms with Crippen molar-refractivity contribution in [2.24, 2.45) is 0 Å². The third-order valence-corrected chi connectivity index (χ3v) is 4.63. The minimum absolute atomic E-state index is 0.545. The standard InChI is InChI=1S/C17H27NOS/c1-3-10-18-17-7-5-6-14-13-15(8-9-16(14)17)19-11-12-20-4-2/h8-9,13,17-18H,3-7,10-12H2,1-2H3. The molecule has 0 aromatic heterocycles. The molecule has 0 saturated heterocycles. The number of benzene rings is 1. The highest BCUT2D eigenvalue weighted by molar-refractivity contribution is 7.99. The summed E-state index contributed by atoms with van der Waals surface area (Å²) in [5, 5.41) is 3.66. The second-order valence-electron chi connectivity index (χ2n) is 5.30. The molecule has 2 nitrogen and oxygen atoms in total. The molecular weight excluding hydrogens is 266 g/mol. The first-order valence-corrected chi connectivity index (χ1v) is 9.07. The number of fused-ring (bicyclic) bond motifs is 1. The van der Waals surface area contributed by atoms with E-state index in [-0.39, 0.29) is 0 Å². The van der Waals surface area contributed by atoms with Crippen LogP contribution in [0, 0.1) is 0 Å². The Morgan fingerprint density at radius 3 is 3.05 bits per heavy atom. The molecule has 0 fully saturated rings. The molecule has 0 heterocycles. The first-order valence-electron chi connectivity index (χ1n) is 7.92. The Hall–Kier alpha value is -0.670. The third kappa shape index (κ3) is 4.42. The van der Waals surface area contributed by atoms with Gasteiger partial charge in [-0.25, -0.2) is 0 Å². The van der Waals surface area contributed by atoms with Gasteiger partial charge in [-0.05, 0) is 61.2 Å². The predicted molar refractivity (Wildman–Crippen MR) is 88.9 cm³/mol. The van der Waals surface area contributed by atoms with Crippen molar-refractivity contribution in [3.8, 4) is 5.75 Å². The molecule has 0 radical (unpaired) electrons. The zero-order chi connectivity index (χ0) is 14.2. The SMILES string of the molecule is CCCNC1CCCc2cc(OCCSCC)ccc21. The van der Waals surface area contributed by atoms with Crippen LogP contribution in [0.3, 0.4) is 0 Å². The zero-order valence-electron chi connectivity index (χ0n) is 12.8. The van der Waals surface area contributed by atoms with Gasteiger partial charge in [0.25, 0.3) is 0 Å². The van der Waals surface area contributed by atoms with Crippen molar-refractivity contribution >= 4 is 11.8 Å². The predicted octanol–water partition coefficient (Wildman–Crippen LogP) is 4.20. The molecule has 1 N–H and O–H groups in total. The molecule has 1 aliphatic carbocycles. The fourth-order valence-corrected chi connectivity index (χ4v) is 3.26. The molecule has 0 saturated carbocycles. The number of rotatable bonds is 8. The molecule has 112 valence electrons. The first kappa shape index (κ1) is 15.7. The van der Waals surface area contributed by atoms with Crippen LogP contribution < -0.4 is 10.1 Å². The molecule has 2 rings (SSSR count). The van der Waals surface area contributed by atoms with Crippen molar-refractivity contribution in [3.63, 3.8) is 0 Å². The van der Waals surface area contributed by atoms with Crippen LogP contribution in [0.2, 0.25) is 0 Å². The van der Waals surface area contributed by atoms with E-state index in [0.717, 1.165) is 24.7 Å². The highest BCUT2D eigenvalue weighted by Crippen LogP contribution is 2.32. The van der Waals surface area contributed by atoms with Gasteiger partial charge in [0.1, 0.15) is 5.75 Å². The van der Waals surface area contributed by atoms with E-state index in [1.54, 1.807) is 0 Å². The van der Waals surface area contributed by atoms with Crippen LogP contribution in [-0.2, 0) is 6.42 Å². The molecule has 1 aromatic carbocycles. The van der Waals surface area contributed by atoms with E-state index < -0.39 is 0 Å². The fourth-order valence-electron chi connectivity index (χ4n) is 2.77. The van der Waals surface area contributed by atoms with Crippen molar-refractivity contribution in [1.29, 1.82) is 0 Å². The number of hydrogen-bond acceptors (Lipinski definition) is 3. The molecule has 1 atom stereocenters. The van der Waals surface area contributed by atoms with E-state index in [9.17, 15) is 0 Å². The van der Waals surface area contributed by atoms with E-state index in [0.29, 0.717) is 6.04 Å². The van der Waals surface area contributed by atoms with Crippen LogP contribution in [0.25, 0.3) is 0 Å². The maximum atomic E-state index is 5.85. The number of aryl methyl sites for hydroxylation is 1. The summed E-state index contributed by atoms with van der Waals surface area (Å²) in [5.74, 6) is 3.28. The van der Waals surface area contributed by atoms with Crippen molar-refractivity contribution < 1.29 is 4.74 Å². The fraction of sp³-hybridized carbons (Fsp3) is 0.647. The van der Waals surface area contributed by atoms with Gasteiger partial charge in [-0.3, -0.25) is 0 Å². The van der Waals surface area contributed by atoms with Gasteiger partial charge in [-0.2, -0.15) is 11.8 Å². The highest BCUT2D eigenvalue weighted by Gasteiger charge is 2.19. The van der Waals surface area contributed by atoms with Crippen LogP contribution in [0.15, 0.2) is 18.2 Å².